The predicted octanol–water partition coefficient (Wildman–Crippen LogP) is 25.5. The zero-order chi connectivity index (χ0) is 78.5. The molecule has 0 saturated carbocycles. The van der Waals surface area contributed by atoms with Gasteiger partial charge in [0, 0.05) is 25.7 Å². The topological polar surface area (TPSA) is 132 Å². The molecule has 0 atom stereocenters. The van der Waals surface area contributed by atoms with Crippen LogP contribution in [0.25, 0.3) is 89.7 Å². The number of nitrogens with zero attached hydrogens (tertiary/aromatic N) is 4. The number of allylic oxidation sites excluding steroid dienone is 4. The maximum absolute atomic E-state index is 11.8. The Balaban J connectivity index is 0.985. The van der Waals surface area contributed by atoms with Gasteiger partial charge in [-0.3, -0.25) is 0 Å². The molecule has 552 valence electrons. The normalized spacial score (nSPS) is 12.3. The summed E-state index contributed by atoms with van der Waals surface area (Å²) in [5.41, 5.74) is 17.2. The van der Waals surface area contributed by atoms with Crippen molar-refractivity contribution in [1.29, 1.82) is 21.0 Å². The number of nitriles is 4. The van der Waals surface area contributed by atoms with E-state index in [2.05, 4.69) is 218 Å². The van der Waals surface area contributed by atoms with Crippen LogP contribution in [0, 0.1) is 45.3 Å². The molecule has 0 aliphatic heterocycles. The lowest BCUT2D eigenvalue weighted by Gasteiger charge is -2.25. The third kappa shape index (κ3) is 16.8. The molecular formula is C108H76N4O4. The molecule has 8 heteroatoms. The zero-order valence-corrected chi connectivity index (χ0v) is 63.7. The predicted molar refractivity (Wildman–Crippen MR) is 470 cm³/mol. The minimum absolute atomic E-state index is 0.157. The molecule has 0 aromatic heterocycles. The van der Waals surface area contributed by atoms with E-state index < -0.39 is 0 Å². The second-order valence-corrected chi connectivity index (χ2v) is 29.4. The minimum Gasteiger partial charge on any atom is -0.488 e. The van der Waals surface area contributed by atoms with Crippen LogP contribution >= 0.6 is 0 Å². The standard InChI is InChI=1S/C108H76N4O4/c109-65-101(49-77-37-41-81-29-13-17-33-85(81)45-77)89-53-93-61-95-55-90(102(66-110)50-78-38-42-82-30-14-18-34-86(82)46-78)57-97(106(95)114-70-74-23-7-2-8-24-74)63-99-59-92(104(68-112)52-80-40-44-84-32-16-20-36-88(84)48-80)60-100(108(99)116-72-76-27-11-4-12-28-76)64-98-58-91(103(67-111)51-79-39-43-83-31-15-19-35-87(83)47-79)56-96(107(98)115-71-75-25-9-3-10-26-75)62-94(54-89)105(93)113-69-73-21-5-1-6-22-73/h1-60H,61-64,69-72H2/b101-49+,102-50+,103-51+,104-52+. The molecule has 1 aliphatic rings. The monoisotopic (exact) mass is 1490 g/mol. The summed E-state index contributed by atoms with van der Waals surface area (Å²) >= 11 is 0. The van der Waals surface area contributed by atoms with Crippen LogP contribution in [0.2, 0.25) is 0 Å². The lowest BCUT2D eigenvalue weighted by Crippen LogP contribution is -2.11. The summed E-state index contributed by atoms with van der Waals surface area (Å²) in [7, 11) is 0. The van der Waals surface area contributed by atoms with E-state index in [0.717, 1.165) is 132 Å². The largest absolute Gasteiger partial charge is 0.488 e. The van der Waals surface area contributed by atoms with Gasteiger partial charge < -0.3 is 18.9 Å². The van der Waals surface area contributed by atoms with Gasteiger partial charge in [0.05, 0.1) is 46.6 Å². The summed E-state index contributed by atoms with van der Waals surface area (Å²) in [5, 5.41) is 55.8. The molecule has 116 heavy (non-hydrogen) atoms. The van der Waals surface area contributed by atoms with Crippen molar-refractivity contribution in [3.8, 4) is 47.3 Å². The molecule has 16 aromatic carbocycles. The quantitative estimate of drug-likeness (QED) is 0.0544. The van der Waals surface area contributed by atoms with E-state index in [9.17, 15) is 21.0 Å². The Morgan fingerprint density at radius 2 is 0.397 bits per heavy atom. The Morgan fingerprint density at radius 3 is 0.586 bits per heavy atom. The van der Waals surface area contributed by atoms with E-state index >= 15 is 0 Å². The van der Waals surface area contributed by atoms with Crippen LogP contribution in [-0.4, -0.2) is 0 Å². The van der Waals surface area contributed by atoms with Crippen LogP contribution in [-0.2, 0) is 52.1 Å². The molecule has 8 bridgehead atoms. The molecule has 17 rings (SSSR count). The van der Waals surface area contributed by atoms with E-state index in [4.69, 9.17) is 18.9 Å². The van der Waals surface area contributed by atoms with Gasteiger partial charge in [0.1, 0.15) is 49.4 Å². The molecule has 8 nitrogen and oxygen atoms in total. The lowest BCUT2D eigenvalue weighted by atomic mass is 9.86. The molecule has 16 aromatic rings. The first kappa shape index (κ1) is 73.5. The highest BCUT2D eigenvalue weighted by molar-refractivity contribution is 5.98. The Labute approximate surface area is 675 Å². The summed E-state index contributed by atoms with van der Waals surface area (Å²) in [5.74, 6) is 2.29. The van der Waals surface area contributed by atoms with Crippen molar-refractivity contribution < 1.29 is 18.9 Å². The number of ether oxygens (including phenoxy) is 4. The molecule has 0 unspecified atom stereocenters. The van der Waals surface area contributed by atoms with Gasteiger partial charge in [-0.25, -0.2) is 0 Å². The first-order valence-corrected chi connectivity index (χ1v) is 38.9. The van der Waals surface area contributed by atoms with E-state index in [0.29, 0.717) is 67.5 Å². The zero-order valence-electron chi connectivity index (χ0n) is 63.7. The highest BCUT2D eigenvalue weighted by Crippen LogP contribution is 2.45. The maximum Gasteiger partial charge on any atom is 0.126 e. The van der Waals surface area contributed by atoms with Crippen LogP contribution in [0.4, 0.5) is 0 Å². The second kappa shape index (κ2) is 34.1. The molecule has 0 fully saturated rings. The summed E-state index contributed by atoms with van der Waals surface area (Å²) in [6.07, 6.45) is 8.44. The van der Waals surface area contributed by atoms with Crippen molar-refractivity contribution in [3.63, 3.8) is 0 Å². The molecule has 0 amide bonds. The van der Waals surface area contributed by atoms with E-state index in [1.165, 1.54) is 0 Å². The van der Waals surface area contributed by atoms with Crippen molar-refractivity contribution in [2.75, 3.05) is 0 Å². The van der Waals surface area contributed by atoms with Crippen molar-refractivity contribution in [2.45, 2.75) is 52.1 Å². The van der Waals surface area contributed by atoms with Crippen molar-refractivity contribution in [3.05, 3.63) is 451 Å². The first-order valence-electron chi connectivity index (χ1n) is 38.9. The van der Waals surface area contributed by atoms with Crippen LogP contribution in [0.5, 0.6) is 23.0 Å². The van der Waals surface area contributed by atoms with Crippen LogP contribution < -0.4 is 18.9 Å². The number of hydrogen-bond donors (Lipinski definition) is 0. The third-order valence-electron chi connectivity index (χ3n) is 21.5. The Bertz CT molecular complexity index is 5840. The number of rotatable bonds is 20. The van der Waals surface area contributed by atoms with Crippen molar-refractivity contribution in [2.24, 2.45) is 0 Å². The molecule has 0 saturated heterocycles. The van der Waals surface area contributed by atoms with Gasteiger partial charge in [-0.15, -0.1) is 0 Å². The second-order valence-electron chi connectivity index (χ2n) is 29.4. The fraction of sp³-hybridized carbons (Fsp3) is 0.0741. The summed E-state index contributed by atoms with van der Waals surface area (Å²) in [6, 6.07) is 126. The molecular weight excluding hydrogens is 1420 g/mol. The number of benzene rings is 16. The number of fused-ring (bicyclic) bond motifs is 12. The lowest BCUT2D eigenvalue weighted by molar-refractivity contribution is 0.293. The smallest absolute Gasteiger partial charge is 0.126 e. The van der Waals surface area contributed by atoms with Gasteiger partial charge in [0.25, 0.3) is 0 Å². The Morgan fingerprint density at radius 1 is 0.216 bits per heavy atom. The molecule has 1 aliphatic carbocycles. The highest BCUT2D eigenvalue weighted by Gasteiger charge is 2.28. The van der Waals surface area contributed by atoms with E-state index in [1.807, 2.05) is 170 Å². The fourth-order valence-electron chi connectivity index (χ4n) is 15.7. The van der Waals surface area contributed by atoms with Crippen molar-refractivity contribution in [1.82, 2.24) is 0 Å². The summed E-state index contributed by atoms with van der Waals surface area (Å²) in [4.78, 5) is 0. The minimum atomic E-state index is 0.157. The van der Waals surface area contributed by atoms with Crippen LogP contribution in [0.3, 0.4) is 0 Å². The van der Waals surface area contributed by atoms with Crippen molar-refractivity contribution >= 4 is 89.7 Å². The van der Waals surface area contributed by atoms with Gasteiger partial charge >= 0.3 is 0 Å². The molecule has 0 N–H and O–H groups in total. The maximum atomic E-state index is 11.8. The van der Waals surface area contributed by atoms with Crippen LogP contribution in [0.1, 0.15) is 111 Å². The molecule has 0 radical (unpaired) electrons. The summed E-state index contributed by atoms with van der Waals surface area (Å²) < 4.78 is 30.0. The first-order chi connectivity index (χ1) is 57.2. The third-order valence-corrected chi connectivity index (χ3v) is 21.5. The van der Waals surface area contributed by atoms with Gasteiger partial charge in [0.2, 0.25) is 0 Å². The average molecular weight is 1490 g/mol. The average Bonchev–Trinajstić information content (AvgIpc) is 0.759. The van der Waals surface area contributed by atoms with Gasteiger partial charge in [-0.05, 0) is 251 Å². The number of hydrogen-bond acceptors (Lipinski definition) is 8. The Kier molecular flexibility index (Phi) is 21.6. The fourth-order valence-corrected chi connectivity index (χ4v) is 15.7. The highest BCUT2D eigenvalue weighted by atomic mass is 16.5. The molecule has 0 heterocycles. The molecule has 0 spiro atoms. The van der Waals surface area contributed by atoms with E-state index in [-0.39, 0.29) is 52.1 Å². The Hall–Kier alpha value is -15.3. The van der Waals surface area contributed by atoms with Gasteiger partial charge in [-0.2, -0.15) is 21.0 Å². The van der Waals surface area contributed by atoms with Gasteiger partial charge in [-0.1, -0.05) is 267 Å². The van der Waals surface area contributed by atoms with Gasteiger partial charge in [0.15, 0.2) is 0 Å². The SMILES string of the molecule is N#C/C(=C\c1ccc2ccccc2c1)c1cc2c(OCc3ccccc3)c(c1)Cc1cc(/C(C#N)=C/c3ccc4ccccc4c3)cc(c1OCc1ccccc1)Cc1cc(/C(C#N)=C/c3ccc4ccccc4c3)cc(c1OCc1ccccc1)Cc1cc(/C(C#N)=C/c3ccc4ccccc4c3)cc(c1OCc1ccccc1)C2. The summed E-state index contributed by atoms with van der Waals surface area (Å²) in [6.45, 7) is 0.692. The van der Waals surface area contributed by atoms with E-state index in [1.54, 1.807) is 0 Å². The van der Waals surface area contributed by atoms with Crippen LogP contribution in [0.15, 0.2) is 340 Å².